The maximum atomic E-state index is 14.3. The van der Waals surface area contributed by atoms with Crippen LogP contribution in [0.25, 0.3) is 0 Å². The summed E-state index contributed by atoms with van der Waals surface area (Å²) in [6, 6.07) is 3.71. The summed E-state index contributed by atoms with van der Waals surface area (Å²) in [5, 5.41) is 6.02. The number of carbonyl (C=O) groups is 1. The average Bonchev–Trinajstić information content (AvgIpc) is 2.64. The lowest BCUT2D eigenvalue weighted by Gasteiger charge is -2.40. The van der Waals surface area contributed by atoms with Gasteiger partial charge in [0.15, 0.2) is 5.96 Å². The van der Waals surface area contributed by atoms with E-state index >= 15 is 0 Å². The van der Waals surface area contributed by atoms with Gasteiger partial charge in [0.25, 0.3) is 0 Å². The Morgan fingerprint density at radius 3 is 2.33 bits per heavy atom. The van der Waals surface area contributed by atoms with Gasteiger partial charge < -0.3 is 15.5 Å². The molecule has 0 saturated carbocycles. The van der Waals surface area contributed by atoms with Gasteiger partial charge in [-0.25, -0.2) is 8.78 Å². The summed E-state index contributed by atoms with van der Waals surface area (Å²) >= 11 is 0. The summed E-state index contributed by atoms with van der Waals surface area (Å²) in [5.41, 5.74) is 0.252. The first-order valence-corrected chi connectivity index (χ1v) is 10.1. The normalized spacial score (nSPS) is 16.6. The summed E-state index contributed by atoms with van der Waals surface area (Å²) in [6.07, 6.45) is 0.739. The van der Waals surface area contributed by atoms with Gasteiger partial charge in [0.1, 0.15) is 11.6 Å². The minimum absolute atomic E-state index is 0. The van der Waals surface area contributed by atoms with Crippen molar-refractivity contribution < 1.29 is 13.6 Å². The number of piperazine rings is 1. The van der Waals surface area contributed by atoms with E-state index in [1.165, 1.54) is 6.07 Å². The Hall–Kier alpha value is -1.49. The van der Waals surface area contributed by atoms with Crippen LogP contribution in [0.4, 0.5) is 8.78 Å². The maximum absolute atomic E-state index is 14.3. The number of carbonyl (C=O) groups excluding carboxylic acids is 1. The first kappa shape index (κ1) is 26.5. The van der Waals surface area contributed by atoms with Gasteiger partial charge in [0.2, 0.25) is 5.91 Å². The van der Waals surface area contributed by atoms with Crippen molar-refractivity contribution in [1.29, 1.82) is 0 Å². The molecule has 1 aromatic carbocycles. The smallest absolute Gasteiger partial charge is 0.239 e. The van der Waals surface area contributed by atoms with E-state index in [0.29, 0.717) is 24.6 Å². The molecule has 1 heterocycles. The zero-order chi connectivity index (χ0) is 21.6. The van der Waals surface area contributed by atoms with Crippen LogP contribution in [0.5, 0.6) is 0 Å². The van der Waals surface area contributed by atoms with Crippen molar-refractivity contribution in [3.8, 4) is 0 Å². The van der Waals surface area contributed by atoms with Crippen LogP contribution in [0, 0.1) is 11.6 Å². The molecule has 0 bridgehead atoms. The molecule has 1 atom stereocenters. The SMILES string of the molecule is CCC(c1ccc(F)cc1F)N1CCN(C(=NC)NCC(=O)NC(C)(C)C)CC1.I. The Morgan fingerprint density at radius 2 is 1.83 bits per heavy atom. The molecule has 30 heavy (non-hydrogen) atoms. The summed E-state index contributed by atoms with van der Waals surface area (Å²) in [6.45, 7) is 10.8. The summed E-state index contributed by atoms with van der Waals surface area (Å²) in [4.78, 5) is 20.6. The van der Waals surface area contributed by atoms with Crippen molar-refractivity contribution in [1.82, 2.24) is 20.4 Å². The largest absolute Gasteiger partial charge is 0.350 e. The van der Waals surface area contributed by atoms with E-state index in [0.717, 1.165) is 25.6 Å². The molecule has 2 N–H and O–H groups in total. The fraction of sp³-hybridized carbons (Fsp3) is 0.619. The third-order valence-corrected chi connectivity index (χ3v) is 4.90. The molecule has 1 saturated heterocycles. The Kier molecular flexibility index (Phi) is 10.4. The van der Waals surface area contributed by atoms with E-state index in [2.05, 4.69) is 25.4 Å². The van der Waals surface area contributed by atoms with E-state index < -0.39 is 11.6 Å². The monoisotopic (exact) mass is 537 g/mol. The summed E-state index contributed by atoms with van der Waals surface area (Å²) in [7, 11) is 1.69. The van der Waals surface area contributed by atoms with Crippen molar-refractivity contribution >= 4 is 35.8 Å². The minimum Gasteiger partial charge on any atom is -0.350 e. The Morgan fingerprint density at radius 1 is 1.20 bits per heavy atom. The number of nitrogens with zero attached hydrogens (tertiary/aromatic N) is 3. The molecule has 0 radical (unpaired) electrons. The van der Waals surface area contributed by atoms with E-state index in [4.69, 9.17) is 0 Å². The topological polar surface area (TPSA) is 60.0 Å². The number of guanidine groups is 1. The van der Waals surface area contributed by atoms with E-state index in [9.17, 15) is 13.6 Å². The van der Waals surface area contributed by atoms with Crippen molar-refractivity contribution in [2.75, 3.05) is 39.8 Å². The fourth-order valence-electron chi connectivity index (χ4n) is 3.65. The number of hydrogen-bond donors (Lipinski definition) is 2. The molecule has 0 aromatic heterocycles. The van der Waals surface area contributed by atoms with E-state index in [1.54, 1.807) is 13.1 Å². The lowest BCUT2D eigenvalue weighted by atomic mass is 10.0. The standard InChI is InChI=1S/C21H33F2N5O.HI/c1-6-18(16-8-7-15(22)13-17(16)23)27-9-11-28(12-10-27)20(24-5)25-14-19(29)26-21(2,3)4;/h7-8,13,18H,6,9-12,14H2,1-5H3,(H,24,25)(H,26,29);1H. The molecule has 6 nitrogen and oxygen atoms in total. The number of hydrogen-bond acceptors (Lipinski definition) is 3. The molecule has 1 aliphatic rings. The predicted molar refractivity (Wildman–Crippen MR) is 127 cm³/mol. The van der Waals surface area contributed by atoms with Crippen LogP contribution in [-0.2, 0) is 4.79 Å². The molecule has 0 aliphatic carbocycles. The molecule has 1 fully saturated rings. The third kappa shape index (κ3) is 7.64. The Bertz CT molecular complexity index is 731. The zero-order valence-electron chi connectivity index (χ0n) is 18.5. The summed E-state index contributed by atoms with van der Waals surface area (Å²) < 4.78 is 27.5. The van der Waals surface area contributed by atoms with Crippen LogP contribution >= 0.6 is 24.0 Å². The van der Waals surface area contributed by atoms with Crippen molar-refractivity contribution in [2.45, 2.75) is 45.7 Å². The highest BCUT2D eigenvalue weighted by atomic mass is 127. The highest BCUT2D eigenvalue weighted by Crippen LogP contribution is 2.28. The first-order chi connectivity index (χ1) is 13.6. The fourth-order valence-corrected chi connectivity index (χ4v) is 3.65. The molecule has 1 amide bonds. The summed E-state index contributed by atoms with van der Waals surface area (Å²) in [5.74, 6) is -0.470. The molecule has 170 valence electrons. The van der Waals surface area contributed by atoms with Crippen LogP contribution in [-0.4, -0.2) is 67.0 Å². The highest BCUT2D eigenvalue weighted by Gasteiger charge is 2.27. The minimum atomic E-state index is -0.559. The molecular weight excluding hydrogens is 503 g/mol. The van der Waals surface area contributed by atoms with Crippen LogP contribution < -0.4 is 10.6 Å². The molecule has 1 aliphatic heterocycles. The molecule has 0 spiro atoms. The number of benzene rings is 1. The Labute approximate surface area is 195 Å². The third-order valence-electron chi connectivity index (χ3n) is 4.90. The average molecular weight is 537 g/mol. The highest BCUT2D eigenvalue weighted by molar-refractivity contribution is 14.0. The quantitative estimate of drug-likeness (QED) is 0.345. The number of halogens is 3. The zero-order valence-corrected chi connectivity index (χ0v) is 20.8. The second kappa shape index (κ2) is 11.8. The van der Waals surface area contributed by atoms with Gasteiger partial charge in [0, 0.05) is 56.4 Å². The van der Waals surface area contributed by atoms with Gasteiger partial charge in [-0.3, -0.25) is 14.7 Å². The first-order valence-electron chi connectivity index (χ1n) is 10.1. The number of rotatable bonds is 5. The van der Waals surface area contributed by atoms with Crippen LogP contribution in [0.15, 0.2) is 23.2 Å². The van der Waals surface area contributed by atoms with Gasteiger partial charge >= 0.3 is 0 Å². The van der Waals surface area contributed by atoms with Crippen molar-refractivity contribution in [3.05, 3.63) is 35.4 Å². The van der Waals surface area contributed by atoms with Gasteiger partial charge in [-0.1, -0.05) is 13.0 Å². The molecule has 1 unspecified atom stereocenters. The number of amides is 1. The maximum Gasteiger partial charge on any atom is 0.239 e. The van der Waals surface area contributed by atoms with Gasteiger partial charge in [-0.2, -0.15) is 0 Å². The lowest BCUT2D eigenvalue weighted by Crippen LogP contribution is -2.54. The Balaban J connectivity index is 0.00000450. The van der Waals surface area contributed by atoms with Gasteiger partial charge in [-0.05, 0) is 33.3 Å². The molecular formula is C21H34F2IN5O. The van der Waals surface area contributed by atoms with Crippen LogP contribution in [0.2, 0.25) is 0 Å². The van der Waals surface area contributed by atoms with Gasteiger partial charge in [0.05, 0.1) is 6.54 Å². The van der Waals surface area contributed by atoms with Gasteiger partial charge in [-0.15, -0.1) is 24.0 Å². The molecule has 1 aromatic rings. The lowest BCUT2D eigenvalue weighted by molar-refractivity contribution is -0.121. The van der Waals surface area contributed by atoms with Crippen molar-refractivity contribution in [2.24, 2.45) is 4.99 Å². The van der Waals surface area contributed by atoms with E-state index in [1.807, 2.05) is 27.7 Å². The van der Waals surface area contributed by atoms with Crippen LogP contribution in [0.3, 0.4) is 0 Å². The second-order valence-electron chi connectivity index (χ2n) is 8.31. The molecule has 9 heteroatoms. The second-order valence-corrected chi connectivity index (χ2v) is 8.31. The van der Waals surface area contributed by atoms with Crippen molar-refractivity contribution in [3.63, 3.8) is 0 Å². The van der Waals surface area contributed by atoms with E-state index in [-0.39, 0.29) is 48.0 Å². The molecule has 2 rings (SSSR count). The number of aliphatic imine (C=N–C) groups is 1. The predicted octanol–water partition coefficient (Wildman–Crippen LogP) is 3.14. The van der Waals surface area contributed by atoms with Crippen LogP contribution in [0.1, 0.15) is 45.7 Å². The number of nitrogens with one attached hydrogen (secondary N) is 2.